The van der Waals surface area contributed by atoms with Gasteiger partial charge in [-0.15, -0.1) is 0 Å². The molecule has 7 nitrogen and oxygen atoms in total. The standard InChI is InChI=1S/C22H22BrF3N6O/c1-12-4-5-14(21(33)30-17-8-15(22(24,25)26)7-16(23)9-17)6-20(12)32(28)11-19(27)18-10-29-31(3)13(18)2/h4-11H,27-28H2,1-3H3,(H,30,33)/b19-11-. The molecule has 11 heteroatoms. The normalized spacial score (nSPS) is 12.1. The number of aromatic nitrogens is 2. The topological polar surface area (TPSA) is 102 Å². The van der Waals surface area contributed by atoms with Gasteiger partial charge < -0.3 is 11.1 Å². The maximum absolute atomic E-state index is 13.1. The van der Waals surface area contributed by atoms with E-state index in [-0.39, 0.29) is 15.7 Å². The number of alkyl halides is 3. The van der Waals surface area contributed by atoms with Gasteiger partial charge in [-0.2, -0.15) is 18.3 Å². The molecule has 0 bridgehead atoms. The summed E-state index contributed by atoms with van der Waals surface area (Å²) in [6.07, 6.45) is -1.41. The van der Waals surface area contributed by atoms with Crippen LogP contribution >= 0.6 is 15.9 Å². The number of nitrogens with one attached hydrogen (secondary N) is 1. The fourth-order valence-corrected chi connectivity index (χ4v) is 3.62. The van der Waals surface area contributed by atoms with Crippen LogP contribution in [-0.4, -0.2) is 15.7 Å². The summed E-state index contributed by atoms with van der Waals surface area (Å²) >= 11 is 3.04. The lowest BCUT2D eigenvalue weighted by Gasteiger charge is -2.19. The summed E-state index contributed by atoms with van der Waals surface area (Å²) in [5, 5.41) is 7.93. The van der Waals surface area contributed by atoms with Crippen LogP contribution in [0.5, 0.6) is 0 Å². The monoisotopic (exact) mass is 522 g/mol. The number of hydrogen-bond donors (Lipinski definition) is 3. The highest BCUT2D eigenvalue weighted by Gasteiger charge is 2.31. The molecule has 0 saturated carbocycles. The van der Waals surface area contributed by atoms with Crippen molar-refractivity contribution in [2.75, 3.05) is 10.3 Å². The van der Waals surface area contributed by atoms with Gasteiger partial charge in [-0.25, -0.2) is 5.84 Å². The molecule has 3 rings (SSSR count). The first kappa shape index (κ1) is 24.3. The van der Waals surface area contributed by atoms with E-state index in [2.05, 4.69) is 26.3 Å². The minimum atomic E-state index is -4.54. The summed E-state index contributed by atoms with van der Waals surface area (Å²) in [5.41, 5.74) is 8.73. The molecule has 3 aromatic rings. The van der Waals surface area contributed by atoms with Crippen molar-refractivity contribution >= 4 is 38.9 Å². The number of amides is 1. The fourth-order valence-electron chi connectivity index (χ4n) is 3.13. The van der Waals surface area contributed by atoms with Crippen LogP contribution in [0.3, 0.4) is 0 Å². The third-order valence-corrected chi connectivity index (χ3v) is 5.51. The molecule has 0 aliphatic carbocycles. The van der Waals surface area contributed by atoms with Gasteiger partial charge in [0.05, 0.1) is 23.1 Å². The minimum Gasteiger partial charge on any atom is -0.397 e. The lowest BCUT2D eigenvalue weighted by Crippen LogP contribution is -2.27. The van der Waals surface area contributed by atoms with Gasteiger partial charge >= 0.3 is 6.18 Å². The Labute approximate surface area is 197 Å². The molecule has 2 aromatic carbocycles. The van der Waals surface area contributed by atoms with Gasteiger partial charge in [0.25, 0.3) is 5.91 Å². The summed E-state index contributed by atoms with van der Waals surface area (Å²) in [4.78, 5) is 12.7. The van der Waals surface area contributed by atoms with Crippen LogP contribution in [0, 0.1) is 13.8 Å². The van der Waals surface area contributed by atoms with Gasteiger partial charge in [0.15, 0.2) is 0 Å². The fraction of sp³-hybridized carbons (Fsp3) is 0.182. The van der Waals surface area contributed by atoms with E-state index in [1.165, 1.54) is 23.3 Å². The number of rotatable bonds is 5. The van der Waals surface area contributed by atoms with Crippen molar-refractivity contribution in [1.29, 1.82) is 0 Å². The summed E-state index contributed by atoms with van der Waals surface area (Å²) in [5.74, 6) is 5.60. The van der Waals surface area contributed by atoms with E-state index in [1.54, 1.807) is 37.0 Å². The second-order valence-electron chi connectivity index (χ2n) is 7.44. The molecule has 1 aromatic heterocycles. The molecule has 0 fully saturated rings. The van der Waals surface area contributed by atoms with Crippen molar-refractivity contribution in [1.82, 2.24) is 9.78 Å². The Hall–Kier alpha value is -3.31. The average Bonchev–Trinajstić information content (AvgIpc) is 3.05. The number of anilines is 2. The van der Waals surface area contributed by atoms with Gasteiger partial charge in [0.2, 0.25) is 0 Å². The molecule has 0 aliphatic heterocycles. The van der Waals surface area contributed by atoms with Crippen LogP contribution in [0.4, 0.5) is 24.5 Å². The van der Waals surface area contributed by atoms with Gasteiger partial charge in [0, 0.05) is 40.2 Å². The van der Waals surface area contributed by atoms with Crippen LogP contribution in [0.1, 0.15) is 32.7 Å². The van der Waals surface area contributed by atoms with Gasteiger partial charge in [-0.05, 0) is 49.7 Å². The predicted molar refractivity (Wildman–Crippen MR) is 125 cm³/mol. The lowest BCUT2D eigenvalue weighted by molar-refractivity contribution is -0.137. The highest BCUT2D eigenvalue weighted by atomic mass is 79.9. The lowest BCUT2D eigenvalue weighted by atomic mass is 10.1. The van der Waals surface area contributed by atoms with Gasteiger partial charge in [-0.1, -0.05) is 22.0 Å². The zero-order valence-corrected chi connectivity index (χ0v) is 19.6. The van der Waals surface area contributed by atoms with E-state index in [1.807, 2.05) is 6.92 Å². The second-order valence-corrected chi connectivity index (χ2v) is 8.36. The number of halogens is 4. The van der Waals surface area contributed by atoms with E-state index in [4.69, 9.17) is 11.6 Å². The van der Waals surface area contributed by atoms with Gasteiger partial charge in [-0.3, -0.25) is 14.5 Å². The third-order valence-electron chi connectivity index (χ3n) is 5.06. The van der Waals surface area contributed by atoms with Crippen LogP contribution < -0.4 is 21.9 Å². The first-order chi connectivity index (χ1) is 15.4. The van der Waals surface area contributed by atoms with Crippen molar-refractivity contribution < 1.29 is 18.0 Å². The van der Waals surface area contributed by atoms with Crippen molar-refractivity contribution in [3.05, 3.63) is 81.2 Å². The Kier molecular flexibility index (Phi) is 6.84. The molecule has 0 radical (unpaired) electrons. The number of nitrogens with zero attached hydrogens (tertiary/aromatic N) is 3. The number of benzene rings is 2. The first-order valence-corrected chi connectivity index (χ1v) is 10.5. The van der Waals surface area contributed by atoms with Gasteiger partial charge in [0.1, 0.15) is 0 Å². The molecular weight excluding hydrogens is 501 g/mol. The molecule has 0 aliphatic rings. The SMILES string of the molecule is Cc1ccc(C(=O)Nc2cc(Br)cc(C(F)(F)F)c2)cc1N(N)/C=C(\N)c1cnn(C)c1C. The van der Waals surface area contributed by atoms with E-state index in [9.17, 15) is 18.0 Å². The molecule has 0 spiro atoms. The number of carbonyl (C=O) groups excluding carboxylic acids is 1. The Balaban J connectivity index is 1.87. The molecular formula is C22H22BrF3N6O. The summed E-state index contributed by atoms with van der Waals surface area (Å²) in [7, 11) is 1.79. The third kappa shape index (κ3) is 5.55. The molecule has 1 amide bonds. The molecule has 0 atom stereocenters. The van der Waals surface area contributed by atoms with E-state index in [0.717, 1.165) is 29.0 Å². The summed E-state index contributed by atoms with van der Waals surface area (Å²) < 4.78 is 41.1. The Bertz CT molecular complexity index is 1240. The Morgan fingerprint density at radius 1 is 1.21 bits per heavy atom. The van der Waals surface area contributed by atoms with Crippen molar-refractivity contribution in [2.24, 2.45) is 18.6 Å². The van der Waals surface area contributed by atoms with Crippen LogP contribution in [0.2, 0.25) is 0 Å². The van der Waals surface area contributed by atoms with Crippen LogP contribution in [0.15, 0.2) is 53.3 Å². The van der Waals surface area contributed by atoms with Crippen molar-refractivity contribution in [3.8, 4) is 0 Å². The molecule has 174 valence electrons. The zero-order chi connectivity index (χ0) is 24.5. The maximum Gasteiger partial charge on any atom is 0.416 e. The maximum atomic E-state index is 13.1. The van der Waals surface area contributed by atoms with E-state index < -0.39 is 17.6 Å². The number of nitrogens with two attached hydrogens (primary N) is 2. The number of hydrogen-bond acceptors (Lipinski definition) is 5. The van der Waals surface area contributed by atoms with E-state index >= 15 is 0 Å². The highest BCUT2D eigenvalue weighted by molar-refractivity contribution is 9.10. The summed E-state index contributed by atoms with van der Waals surface area (Å²) in [6, 6.07) is 7.97. The first-order valence-electron chi connectivity index (χ1n) is 9.67. The number of hydrazine groups is 1. The molecule has 5 N–H and O–H groups in total. The molecule has 0 saturated heterocycles. The van der Waals surface area contributed by atoms with Crippen molar-refractivity contribution in [2.45, 2.75) is 20.0 Å². The quantitative estimate of drug-likeness (QED) is 0.332. The average molecular weight is 523 g/mol. The molecule has 0 unspecified atom stereocenters. The zero-order valence-electron chi connectivity index (χ0n) is 18.0. The smallest absolute Gasteiger partial charge is 0.397 e. The molecule has 1 heterocycles. The Morgan fingerprint density at radius 2 is 1.91 bits per heavy atom. The minimum absolute atomic E-state index is 0.00428. The molecule has 33 heavy (non-hydrogen) atoms. The number of carbonyl (C=O) groups is 1. The van der Waals surface area contributed by atoms with Crippen LogP contribution in [-0.2, 0) is 13.2 Å². The number of aryl methyl sites for hydroxylation is 2. The van der Waals surface area contributed by atoms with E-state index in [0.29, 0.717) is 11.4 Å². The highest BCUT2D eigenvalue weighted by Crippen LogP contribution is 2.33. The predicted octanol–water partition coefficient (Wildman–Crippen LogP) is 4.71. The summed E-state index contributed by atoms with van der Waals surface area (Å²) in [6.45, 7) is 3.67. The van der Waals surface area contributed by atoms with Crippen molar-refractivity contribution in [3.63, 3.8) is 0 Å². The largest absolute Gasteiger partial charge is 0.416 e. The Morgan fingerprint density at radius 3 is 2.52 bits per heavy atom. The second kappa shape index (κ2) is 9.28. The van der Waals surface area contributed by atoms with Crippen LogP contribution in [0.25, 0.3) is 5.70 Å².